The molecule has 0 aliphatic heterocycles. The molecule has 6 rings (SSSR count). The Bertz CT molecular complexity index is 1340. The largest absolute Gasteiger partial charge is 0.340 e. The molecule has 0 spiro atoms. The average molecular weight is 482 g/mol. The third-order valence-corrected chi connectivity index (χ3v) is 6.66. The van der Waals surface area contributed by atoms with Gasteiger partial charge in [-0.2, -0.15) is 0 Å². The van der Waals surface area contributed by atoms with Gasteiger partial charge in [-0.3, -0.25) is 4.98 Å². The number of para-hydroxylation sites is 4. The number of hydrogen-bond acceptors (Lipinski definition) is 5. The zero-order valence-corrected chi connectivity index (χ0v) is 20.8. The predicted molar refractivity (Wildman–Crippen MR) is 146 cm³/mol. The van der Waals surface area contributed by atoms with E-state index >= 15 is 0 Å². The molecule has 186 valence electrons. The minimum absolute atomic E-state index is 0.676. The molecule has 0 saturated heterocycles. The van der Waals surface area contributed by atoms with Crippen molar-refractivity contribution in [2.24, 2.45) is 5.73 Å². The molecular weight excluding hydrogens is 446 g/mol. The summed E-state index contributed by atoms with van der Waals surface area (Å²) in [7, 11) is 0. The maximum absolute atomic E-state index is 5.56. The van der Waals surface area contributed by atoms with Crippen molar-refractivity contribution in [2.75, 3.05) is 13.1 Å². The van der Waals surface area contributed by atoms with Crippen molar-refractivity contribution in [1.29, 1.82) is 0 Å². The quantitative estimate of drug-likeness (QED) is 0.278. The van der Waals surface area contributed by atoms with Crippen LogP contribution in [0.3, 0.4) is 0 Å². The van der Waals surface area contributed by atoms with Crippen molar-refractivity contribution in [2.45, 2.75) is 51.6 Å². The number of pyridine rings is 1. The van der Waals surface area contributed by atoms with Gasteiger partial charge in [-0.25, -0.2) is 9.97 Å². The summed E-state index contributed by atoms with van der Waals surface area (Å²) >= 11 is 0. The second-order valence-corrected chi connectivity index (χ2v) is 9.29. The molecule has 36 heavy (non-hydrogen) atoms. The fourth-order valence-corrected chi connectivity index (χ4v) is 4.79. The highest BCUT2D eigenvalue weighted by atomic mass is 15.1. The van der Waals surface area contributed by atoms with E-state index in [1.807, 2.05) is 36.5 Å². The molecule has 0 bridgehead atoms. The molecule has 0 amide bonds. The lowest BCUT2D eigenvalue weighted by molar-refractivity contribution is 0.591. The molecule has 7 nitrogen and oxygen atoms in total. The van der Waals surface area contributed by atoms with Gasteiger partial charge in [-0.15, -0.1) is 0 Å². The van der Waals surface area contributed by atoms with Crippen molar-refractivity contribution < 1.29 is 0 Å². The number of nitrogens with zero attached hydrogens (tertiary/aromatic N) is 4. The molecule has 2 aromatic carbocycles. The molecule has 3 aromatic heterocycles. The highest BCUT2D eigenvalue weighted by Crippen LogP contribution is 2.19. The first-order valence-electron chi connectivity index (χ1n) is 13.0. The van der Waals surface area contributed by atoms with Crippen LogP contribution in [0.4, 0.5) is 0 Å². The number of aromatic nitrogens is 5. The second kappa shape index (κ2) is 11.9. The van der Waals surface area contributed by atoms with E-state index in [4.69, 9.17) is 15.7 Å². The standard InChI is InChI=1S/C20H24N6.C9H11N/c21-11-5-6-12-22-13-20-25-17-9-3-4-10-18(17)26(20)14-19-23-15-7-1-2-8-16(15)24-19;1-2-6-9-8(4-1)5-3-7-10-9/h1-4,7-10,22H,5-6,11-14,21H2,(H,23,24);3,5,7H,1-2,4,6H2. The minimum Gasteiger partial charge on any atom is -0.340 e. The number of imidazole rings is 2. The number of benzene rings is 2. The van der Waals surface area contributed by atoms with E-state index in [2.05, 4.69) is 50.2 Å². The van der Waals surface area contributed by atoms with Gasteiger partial charge < -0.3 is 20.6 Å². The van der Waals surface area contributed by atoms with Crippen LogP contribution in [0.2, 0.25) is 0 Å². The maximum Gasteiger partial charge on any atom is 0.127 e. The van der Waals surface area contributed by atoms with Crippen molar-refractivity contribution >= 4 is 22.1 Å². The third-order valence-electron chi connectivity index (χ3n) is 6.66. The van der Waals surface area contributed by atoms with Crippen molar-refractivity contribution in [3.8, 4) is 0 Å². The minimum atomic E-state index is 0.676. The molecular formula is C29H35N7. The number of fused-ring (bicyclic) bond motifs is 3. The van der Waals surface area contributed by atoms with Crippen molar-refractivity contribution in [3.63, 3.8) is 0 Å². The summed E-state index contributed by atoms with van der Waals surface area (Å²) in [6.45, 7) is 3.10. The third kappa shape index (κ3) is 5.80. The lowest BCUT2D eigenvalue weighted by atomic mass is 9.96. The first-order chi connectivity index (χ1) is 17.8. The lowest BCUT2D eigenvalue weighted by Gasteiger charge is -2.12. The van der Waals surface area contributed by atoms with E-state index in [1.165, 1.54) is 36.9 Å². The van der Waals surface area contributed by atoms with E-state index in [0.717, 1.165) is 66.2 Å². The number of unbranched alkanes of at least 4 members (excludes halogenated alkanes) is 1. The van der Waals surface area contributed by atoms with Crippen LogP contribution in [0.1, 0.15) is 48.6 Å². The smallest absolute Gasteiger partial charge is 0.127 e. The summed E-state index contributed by atoms with van der Waals surface area (Å²) < 4.78 is 2.24. The van der Waals surface area contributed by atoms with Gasteiger partial charge in [0.25, 0.3) is 0 Å². The molecule has 1 aliphatic rings. The summed E-state index contributed by atoms with van der Waals surface area (Å²) in [5.41, 5.74) is 12.6. The van der Waals surface area contributed by atoms with E-state index < -0.39 is 0 Å². The molecule has 5 aromatic rings. The highest BCUT2D eigenvalue weighted by molar-refractivity contribution is 5.77. The number of aryl methyl sites for hydroxylation is 2. The predicted octanol–water partition coefficient (Wildman–Crippen LogP) is 4.75. The van der Waals surface area contributed by atoms with Crippen LogP contribution in [0.25, 0.3) is 22.1 Å². The summed E-state index contributed by atoms with van der Waals surface area (Å²) in [5.74, 6) is 1.97. The van der Waals surface area contributed by atoms with Crippen molar-refractivity contribution in [3.05, 3.63) is 89.8 Å². The van der Waals surface area contributed by atoms with Crippen molar-refractivity contribution in [1.82, 2.24) is 29.8 Å². The highest BCUT2D eigenvalue weighted by Gasteiger charge is 2.12. The van der Waals surface area contributed by atoms with Gasteiger partial charge in [0.1, 0.15) is 11.6 Å². The van der Waals surface area contributed by atoms with Crippen LogP contribution in [-0.2, 0) is 25.9 Å². The number of rotatable bonds is 8. The van der Waals surface area contributed by atoms with Gasteiger partial charge in [-0.1, -0.05) is 30.3 Å². The van der Waals surface area contributed by atoms with Crippen LogP contribution in [0, 0.1) is 0 Å². The Balaban J connectivity index is 0.000000222. The van der Waals surface area contributed by atoms with E-state index in [9.17, 15) is 0 Å². The summed E-state index contributed by atoms with van der Waals surface area (Å²) in [6, 6.07) is 20.6. The summed E-state index contributed by atoms with van der Waals surface area (Å²) in [6.07, 6.45) is 9.12. The number of H-pyrrole nitrogens is 1. The topological polar surface area (TPSA) is 97.4 Å². The molecule has 0 unspecified atom stereocenters. The Labute approximate surface area is 212 Å². The van der Waals surface area contributed by atoms with Gasteiger partial charge in [0.2, 0.25) is 0 Å². The van der Waals surface area contributed by atoms with Gasteiger partial charge in [-0.05, 0) is 87.5 Å². The SMILES string of the molecule is NCCCCNCc1nc2ccccc2n1Cc1nc2ccccc2[nH]1.c1cnc2c(c1)CCCC2. The monoisotopic (exact) mass is 481 g/mol. The molecule has 1 aliphatic carbocycles. The van der Waals surface area contributed by atoms with Gasteiger partial charge >= 0.3 is 0 Å². The Morgan fingerprint density at radius 1 is 0.889 bits per heavy atom. The second-order valence-electron chi connectivity index (χ2n) is 9.29. The van der Waals surface area contributed by atoms with Crippen LogP contribution in [-0.4, -0.2) is 37.6 Å². The van der Waals surface area contributed by atoms with E-state index in [1.54, 1.807) is 0 Å². The van der Waals surface area contributed by atoms with Gasteiger partial charge in [0.15, 0.2) is 0 Å². The zero-order valence-electron chi connectivity index (χ0n) is 20.8. The Hall–Kier alpha value is -3.55. The number of nitrogens with one attached hydrogen (secondary N) is 2. The van der Waals surface area contributed by atoms with E-state index in [0.29, 0.717) is 6.54 Å². The Kier molecular flexibility index (Phi) is 8.00. The van der Waals surface area contributed by atoms with Gasteiger partial charge in [0.05, 0.1) is 35.2 Å². The normalized spacial score (nSPS) is 12.9. The fraction of sp³-hybridized carbons (Fsp3) is 0.345. The molecule has 0 radical (unpaired) electrons. The van der Waals surface area contributed by atoms with Crippen LogP contribution in [0.5, 0.6) is 0 Å². The first-order valence-corrected chi connectivity index (χ1v) is 13.0. The number of nitrogens with two attached hydrogens (primary N) is 1. The molecule has 0 atom stereocenters. The zero-order chi connectivity index (χ0) is 24.6. The van der Waals surface area contributed by atoms with Crippen LogP contribution in [0.15, 0.2) is 66.9 Å². The van der Waals surface area contributed by atoms with E-state index in [-0.39, 0.29) is 0 Å². The Morgan fingerprint density at radius 2 is 1.72 bits per heavy atom. The summed E-state index contributed by atoms with van der Waals surface area (Å²) in [4.78, 5) is 17.3. The molecule has 0 saturated carbocycles. The Morgan fingerprint density at radius 3 is 2.58 bits per heavy atom. The maximum atomic E-state index is 5.56. The molecule has 3 heterocycles. The first kappa shape index (κ1) is 24.2. The number of aromatic amines is 1. The molecule has 7 heteroatoms. The average Bonchev–Trinajstić information content (AvgIpc) is 3.50. The summed E-state index contributed by atoms with van der Waals surface area (Å²) in [5, 5.41) is 3.48. The van der Waals surface area contributed by atoms with Gasteiger partial charge in [0, 0.05) is 11.9 Å². The fourth-order valence-electron chi connectivity index (χ4n) is 4.79. The lowest BCUT2D eigenvalue weighted by Crippen LogP contribution is -2.19. The van der Waals surface area contributed by atoms with Crippen LogP contribution >= 0.6 is 0 Å². The number of hydrogen-bond donors (Lipinski definition) is 3. The van der Waals surface area contributed by atoms with Crippen LogP contribution < -0.4 is 11.1 Å². The molecule has 0 fully saturated rings. The molecule has 4 N–H and O–H groups in total.